The molecule has 1 aromatic heterocycles. The van der Waals surface area contributed by atoms with Crippen LogP contribution in [-0.4, -0.2) is 38.7 Å². The highest BCUT2D eigenvalue weighted by Gasteiger charge is 2.27. The molecule has 6 nitrogen and oxygen atoms in total. The zero-order valence-electron chi connectivity index (χ0n) is 16.6. The Morgan fingerprint density at radius 1 is 1.24 bits per heavy atom. The van der Waals surface area contributed by atoms with Crippen LogP contribution < -0.4 is 5.48 Å². The molecule has 1 aliphatic rings. The Hall–Kier alpha value is -2.96. The van der Waals surface area contributed by atoms with Crippen molar-refractivity contribution in [1.29, 1.82) is 0 Å². The van der Waals surface area contributed by atoms with E-state index in [9.17, 15) is 4.79 Å². The number of piperidine rings is 1. The highest BCUT2D eigenvalue weighted by Crippen LogP contribution is 2.34. The summed E-state index contributed by atoms with van der Waals surface area (Å²) in [5.74, 6) is 0.391. The third-order valence-electron chi connectivity index (χ3n) is 5.56. The molecule has 2 N–H and O–H groups in total. The van der Waals surface area contributed by atoms with Gasteiger partial charge in [0, 0.05) is 18.2 Å². The molecule has 1 unspecified atom stereocenters. The molecule has 0 aliphatic carbocycles. The van der Waals surface area contributed by atoms with Gasteiger partial charge in [-0.1, -0.05) is 37.3 Å². The maximum Gasteiger partial charge on any atom is 0.267 e. The average molecular weight is 390 g/mol. The number of hydrogen-bond donors (Lipinski definition) is 2. The number of likely N-dealkylation sites (tertiary alicyclic amines) is 1. The van der Waals surface area contributed by atoms with E-state index in [2.05, 4.69) is 40.7 Å². The first-order chi connectivity index (χ1) is 14.2. The van der Waals surface area contributed by atoms with Gasteiger partial charge < -0.3 is 4.57 Å². The zero-order valence-corrected chi connectivity index (χ0v) is 16.6. The van der Waals surface area contributed by atoms with Gasteiger partial charge in [0.05, 0.1) is 17.2 Å². The number of carbonyl (C=O) groups excluding carboxylic acids is 1. The first-order valence-electron chi connectivity index (χ1n) is 10.1. The number of hydroxylamine groups is 1. The van der Waals surface area contributed by atoms with Crippen molar-refractivity contribution in [3.05, 3.63) is 60.2 Å². The third-order valence-corrected chi connectivity index (χ3v) is 5.56. The Morgan fingerprint density at radius 2 is 2.10 bits per heavy atom. The minimum Gasteiger partial charge on any atom is -0.307 e. The number of aromatic nitrogens is 2. The number of rotatable bonds is 5. The molecule has 0 saturated carbocycles. The molecule has 6 heteroatoms. The Balaban J connectivity index is 1.82. The van der Waals surface area contributed by atoms with Gasteiger partial charge in [0.1, 0.15) is 5.82 Å². The molecule has 1 fully saturated rings. The summed E-state index contributed by atoms with van der Waals surface area (Å²) in [7, 11) is 0. The molecule has 3 aromatic rings. The smallest absolute Gasteiger partial charge is 0.267 e. The van der Waals surface area contributed by atoms with Crippen LogP contribution >= 0.6 is 0 Å². The molecule has 2 aromatic carbocycles. The SMILES string of the molecule is CCN1CCCCC1n1c(-c2cccc(/C=C/C(=O)NO)c2)nc2ccccc21. The van der Waals surface area contributed by atoms with Gasteiger partial charge >= 0.3 is 0 Å². The van der Waals surface area contributed by atoms with Crippen molar-refractivity contribution < 1.29 is 10.0 Å². The summed E-state index contributed by atoms with van der Waals surface area (Å²) in [4.78, 5) is 18.8. The van der Waals surface area contributed by atoms with E-state index in [1.165, 1.54) is 18.9 Å². The number of imidazole rings is 1. The highest BCUT2D eigenvalue weighted by molar-refractivity contribution is 5.91. The van der Waals surface area contributed by atoms with E-state index in [4.69, 9.17) is 10.2 Å². The summed E-state index contributed by atoms with van der Waals surface area (Å²) in [5, 5.41) is 8.69. The fourth-order valence-electron chi connectivity index (χ4n) is 4.18. The van der Waals surface area contributed by atoms with Gasteiger partial charge in [-0.05, 0) is 55.6 Å². The van der Waals surface area contributed by atoms with Gasteiger partial charge in [-0.2, -0.15) is 0 Å². The van der Waals surface area contributed by atoms with Crippen LogP contribution in [0.2, 0.25) is 0 Å². The number of nitrogens with one attached hydrogen (secondary N) is 1. The number of amides is 1. The summed E-state index contributed by atoms with van der Waals surface area (Å²) in [6, 6.07) is 16.3. The van der Waals surface area contributed by atoms with E-state index in [1.54, 1.807) is 11.6 Å². The third kappa shape index (κ3) is 3.95. The molecule has 0 bridgehead atoms. The largest absolute Gasteiger partial charge is 0.307 e. The van der Waals surface area contributed by atoms with E-state index in [1.807, 2.05) is 24.3 Å². The van der Waals surface area contributed by atoms with Crippen LogP contribution in [0.25, 0.3) is 28.5 Å². The quantitative estimate of drug-likeness (QED) is 0.389. The van der Waals surface area contributed by atoms with Gasteiger partial charge in [-0.3, -0.25) is 14.9 Å². The fourth-order valence-corrected chi connectivity index (χ4v) is 4.18. The molecule has 4 rings (SSSR count). The number of para-hydroxylation sites is 2. The second-order valence-corrected chi connectivity index (χ2v) is 7.33. The van der Waals surface area contributed by atoms with Crippen molar-refractivity contribution >= 4 is 23.0 Å². The molecule has 1 atom stereocenters. The zero-order chi connectivity index (χ0) is 20.2. The summed E-state index contributed by atoms with van der Waals surface area (Å²) in [5.41, 5.74) is 5.64. The first-order valence-corrected chi connectivity index (χ1v) is 10.1. The summed E-state index contributed by atoms with van der Waals surface area (Å²) >= 11 is 0. The maximum atomic E-state index is 11.3. The van der Waals surface area contributed by atoms with Gasteiger partial charge in [0.2, 0.25) is 0 Å². The van der Waals surface area contributed by atoms with Gasteiger partial charge in [0.25, 0.3) is 5.91 Å². The van der Waals surface area contributed by atoms with E-state index >= 15 is 0 Å². The van der Waals surface area contributed by atoms with Gasteiger partial charge in [-0.15, -0.1) is 0 Å². The number of nitrogens with zero attached hydrogens (tertiary/aromatic N) is 3. The molecule has 150 valence electrons. The number of benzene rings is 2. The lowest BCUT2D eigenvalue weighted by Gasteiger charge is -2.36. The number of hydrogen-bond acceptors (Lipinski definition) is 4. The number of fused-ring (bicyclic) bond motifs is 1. The molecule has 1 saturated heterocycles. The lowest BCUT2D eigenvalue weighted by atomic mass is 10.1. The summed E-state index contributed by atoms with van der Waals surface area (Å²) in [6.45, 7) is 4.33. The van der Waals surface area contributed by atoms with Crippen LogP contribution in [0.1, 0.15) is 37.9 Å². The predicted molar refractivity (Wildman–Crippen MR) is 114 cm³/mol. The average Bonchev–Trinajstić information content (AvgIpc) is 3.17. The van der Waals surface area contributed by atoms with Crippen molar-refractivity contribution in [3.8, 4) is 11.4 Å². The lowest BCUT2D eigenvalue weighted by Crippen LogP contribution is -2.36. The summed E-state index contributed by atoms with van der Waals surface area (Å²) in [6.07, 6.45) is 6.84. The Morgan fingerprint density at radius 3 is 2.93 bits per heavy atom. The standard InChI is InChI=1S/C23H26N4O2/c1-2-26-15-6-5-12-22(26)27-20-11-4-3-10-19(20)24-23(27)18-9-7-8-17(16-18)13-14-21(28)25-29/h3-4,7-11,13-14,16,22,29H,2,5-6,12,15H2,1H3,(H,25,28)/b14-13+. The monoisotopic (exact) mass is 390 g/mol. The first kappa shape index (κ1) is 19.4. The van der Waals surface area contributed by atoms with Crippen molar-refractivity contribution in [2.24, 2.45) is 0 Å². The molecule has 29 heavy (non-hydrogen) atoms. The Bertz CT molecular complexity index is 1040. The van der Waals surface area contributed by atoms with E-state index in [-0.39, 0.29) is 6.17 Å². The summed E-state index contributed by atoms with van der Waals surface area (Å²) < 4.78 is 2.38. The molecule has 1 amide bonds. The normalized spacial score (nSPS) is 17.8. The van der Waals surface area contributed by atoms with E-state index < -0.39 is 5.91 Å². The van der Waals surface area contributed by atoms with Crippen LogP contribution in [0.3, 0.4) is 0 Å². The second kappa shape index (κ2) is 8.59. The van der Waals surface area contributed by atoms with Gasteiger partial charge in [-0.25, -0.2) is 10.5 Å². The predicted octanol–water partition coefficient (Wildman–Crippen LogP) is 4.23. The van der Waals surface area contributed by atoms with Crippen LogP contribution in [-0.2, 0) is 4.79 Å². The fraction of sp³-hybridized carbons (Fsp3) is 0.304. The molecule has 0 radical (unpaired) electrons. The van der Waals surface area contributed by atoms with Crippen molar-refractivity contribution in [3.63, 3.8) is 0 Å². The Labute approximate surface area is 170 Å². The molecular formula is C23H26N4O2. The topological polar surface area (TPSA) is 70.4 Å². The Kier molecular flexibility index (Phi) is 5.74. The van der Waals surface area contributed by atoms with Crippen molar-refractivity contribution in [2.45, 2.75) is 32.4 Å². The molecule has 0 spiro atoms. The molecular weight excluding hydrogens is 364 g/mol. The minimum atomic E-state index is -0.552. The van der Waals surface area contributed by atoms with Crippen molar-refractivity contribution in [2.75, 3.05) is 13.1 Å². The number of carbonyl (C=O) groups is 1. The van der Waals surface area contributed by atoms with Crippen LogP contribution in [0.15, 0.2) is 54.6 Å². The van der Waals surface area contributed by atoms with E-state index in [0.29, 0.717) is 0 Å². The van der Waals surface area contributed by atoms with Crippen LogP contribution in [0.5, 0.6) is 0 Å². The highest BCUT2D eigenvalue weighted by atomic mass is 16.5. The second-order valence-electron chi connectivity index (χ2n) is 7.33. The minimum absolute atomic E-state index is 0.288. The van der Waals surface area contributed by atoms with Crippen LogP contribution in [0.4, 0.5) is 0 Å². The van der Waals surface area contributed by atoms with Gasteiger partial charge in [0.15, 0.2) is 0 Å². The van der Waals surface area contributed by atoms with Crippen molar-refractivity contribution in [1.82, 2.24) is 19.9 Å². The lowest BCUT2D eigenvalue weighted by molar-refractivity contribution is -0.124. The van der Waals surface area contributed by atoms with E-state index in [0.717, 1.165) is 47.5 Å². The molecule has 2 heterocycles. The molecule has 1 aliphatic heterocycles. The van der Waals surface area contributed by atoms with Crippen LogP contribution in [0, 0.1) is 0 Å². The maximum absolute atomic E-state index is 11.3.